The van der Waals surface area contributed by atoms with Gasteiger partial charge in [0.15, 0.2) is 0 Å². The van der Waals surface area contributed by atoms with Crippen LogP contribution in [-0.4, -0.2) is 4.57 Å². The maximum Gasteiger partial charge on any atom is 0.135 e. The zero-order valence-electron chi connectivity index (χ0n) is 26.9. The van der Waals surface area contributed by atoms with Crippen molar-refractivity contribution in [2.45, 2.75) is 0 Å². The van der Waals surface area contributed by atoms with Crippen molar-refractivity contribution in [1.29, 1.82) is 0 Å². The Bertz CT molecular complexity index is 3110. The molecule has 11 aromatic rings. The number of benzene rings is 8. The van der Waals surface area contributed by atoms with Crippen molar-refractivity contribution < 1.29 is 4.42 Å². The Morgan fingerprint density at radius 3 is 2.04 bits per heavy atom. The quantitative estimate of drug-likeness (QED) is 0.188. The lowest BCUT2D eigenvalue weighted by Crippen LogP contribution is -2.11. The first kappa shape index (κ1) is 27.6. The molecule has 0 unspecified atom stereocenters. The second kappa shape index (κ2) is 10.6. The van der Waals surface area contributed by atoms with Gasteiger partial charge in [0.2, 0.25) is 0 Å². The van der Waals surface area contributed by atoms with E-state index in [-0.39, 0.29) is 0 Å². The predicted octanol–water partition coefficient (Wildman–Crippen LogP) is 13.7. The van der Waals surface area contributed by atoms with E-state index in [0.717, 1.165) is 50.2 Å². The molecule has 0 aliphatic carbocycles. The van der Waals surface area contributed by atoms with Crippen molar-refractivity contribution >= 4 is 103 Å². The van der Waals surface area contributed by atoms with Gasteiger partial charge >= 0.3 is 0 Å². The molecule has 0 radical (unpaired) electrons. The second-order valence-electron chi connectivity index (χ2n) is 12.9. The summed E-state index contributed by atoms with van der Waals surface area (Å²) in [5.74, 6) is 0. The molecule has 0 saturated carbocycles. The highest BCUT2D eigenvalue weighted by Gasteiger charge is 2.23. The molecule has 50 heavy (non-hydrogen) atoms. The van der Waals surface area contributed by atoms with E-state index < -0.39 is 0 Å². The highest BCUT2D eigenvalue weighted by atomic mass is 32.1. The van der Waals surface area contributed by atoms with Gasteiger partial charge in [-0.1, -0.05) is 97.1 Å². The van der Waals surface area contributed by atoms with E-state index in [1.54, 1.807) is 0 Å². The Balaban J connectivity index is 1.27. The normalized spacial score (nSPS) is 12.0. The summed E-state index contributed by atoms with van der Waals surface area (Å²) in [5.41, 5.74) is 8.54. The van der Waals surface area contributed by atoms with Gasteiger partial charge in [-0.15, -0.1) is 11.3 Å². The summed E-state index contributed by atoms with van der Waals surface area (Å²) >= 11 is 1.86. The molecule has 0 aliphatic rings. The van der Waals surface area contributed by atoms with Crippen LogP contribution in [0.25, 0.3) is 80.4 Å². The van der Waals surface area contributed by atoms with Crippen LogP contribution < -0.4 is 4.90 Å². The highest BCUT2D eigenvalue weighted by Crippen LogP contribution is 2.46. The summed E-state index contributed by atoms with van der Waals surface area (Å²) in [6.45, 7) is 0. The predicted molar refractivity (Wildman–Crippen MR) is 213 cm³/mol. The highest BCUT2D eigenvalue weighted by molar-refractivity contribution is 7.26. The van der Waals surface area contributed by atoms with Crippen LogP contribution >= 0.6 is 11.3 Å². The first-order valence-corrected chi connectivity index (χ1v) is 17.7. The number of fused-ring (bicyclic) bond motifs is 11. The number of hydrogen-bond donors (Lipinski definition) is 0. The van der Waals surface area contributed by atoms with Gasteiger partial charge in [0.1, 0.15) is 11.2 Å². The average Bonchev–Trinajstić information content (AvgIpc) is 3.85. The standard InChI is InChI=1S/C46H28N2OS/c1-2-11-30(12-3-1)48-39-17-7-4-13-33(39)35-16-10-18-40(46(35)48)47(32-24-25-42-38(28-32)34-14-5-8-19-41(34)49-42)31-23-21-29-22-26-44-45(37(29)27-31)36-15-6-9-20-43(36)50-44/h1-28H. The zero-order valence-corrected chi connectivity index (χ0v) is 27.7. The molecule has 3 heterocycles. The summed E-state index contributed by atoms with van der Waals surface area (Å²) in [6.07, 6.45) is 0. The van der Waals surface area contributed by atoms with Gasteiger partial charge in [-0.3, -0.25) is 0 Å². The molecule has 234 valence electrons. The molecular formula is C46H28N2OS. The SMILES string of the molecule is c1ccc(-n2c3ccccc3c3cccc(N(c4ccc5oc6ccccc6c5c4)c4ccc5ccc6sc7ccccc7c6c5c4)c32)cc1. The molecule has 3 aromatic heterocycles. The third-order valence-electron chi connectivity index (χ3n) is 10.1. The molecular weight excluding hydrogens is 629 g/mol. The maximum atomic E-state index is 6.30. The Kier molecular flexibility index (Phi) is 5.83. The largest absolute Gasteiger partial charge is 0.456 e. The van der Waals surface area contributed by atoms with Crippen molar-refractivity contribution in [2.75, 3.05) is 4.90 Å². The second-order valence-corrected chi connectivity index (χ2v) is 14.0. The molecule has 0 saturated heterocycles. The van der Waals surface area contributed by atoms with Gasteiger partial charge in [0.05, 0.1) is 16.7 Å². The average molecular weight is 657 g/mol. The fraction of sp³-hybridized carbons (Fsp3) is 0. The molecule has 0 fully saturated rings. The molecule has 3 nitrogen and oxygen atoms in total. The Morgan fingerprint density at radius 1 is 0.460 bits per heavy atom. The van der Waals surface area contributed by atoms with E-state index in [4.69, 9.17) is 4.42 Å². The third kappa shape index (κ3) is 3.97. The van der Waals surface area contributed by atoms with Crippen LogP contribution in [-0.2, 0) is 0 Å². The van der Waals surface area contributed by atoms with Gasteiger partial charge in [0.25, 0.3) is 0 Å². The first-order valence-electron chi connectivity index (χ1n) is 16.9. The molecule has 11 rings (SSSR count). The molecule has 0 N–H and O–H groups in total. The Labute approximate surface area is 291 Å². The lowest BCUT2D eigenvalue weighted by atomic mass is 10.0. The van der Waals surface area contributed by atoms with Crippen molar-refractivity contribution in [3.63, 3.8) is 0 Å². The lowest BCUT2D eigenvalue weighted by Gasteiger charge is -2.27. The lowest BCUT2D eigenvalue weighted by molar-refractivity contribution is 0.669. The fourth-order valence-corrected chi connectivity index (χ4v) is 9.10. The minimum atomic E-state index is 0.886. The van der Waals surface area contributed by atoms with E-state index in [0.29, 0.717) is 0 Å². The van der Waals surface area contributed by atoms with Gasteiger partial charge < -0.3 is 13.9 Å². The summed E-state index contributed by atoms with van der Waals surface area (Å²) in [5, 5.41) is 9.78. The van der Waals surface area contributed by atoms with E-state index in [9.17, 15) is 0 Å². The van der Waals surface area contributed by atoms with Gasteiger partial charge in [-0.05, 0) is 83.6 Å². The topological polar surface area (TPSA) is 21.3 Å². The van der Waals surface area contributed by atoms with E-state index in [1.807, 2.05) is 23.5 Å². The van der Waals surface area contributed by atoms with Crippen LogP contribution in [0.4, 0.5) is 17.1 Å². The molecule has 0 spiro atoms. The summed E-state index contributed by atoms with van der Waals surface area (Å²) < 4.78 is 11.3. The van der Waals surface area contributed by atoms with Crippen LogP contribution in [0, 0.1) is 0 Å². The van der Waals surface area contributed by atoms with Crippen molar-refractivity contribution in [2.24, 2.45) is 0 Å². The summed E-state index contributed by atoms with van der Waals surface area (Å²) in [6, 6.07) is 61.4. The molecule has 0 bridgehead atoms. The van der Waals surface area contributed by atoms with E-state index >= 15 is 0 Å². The molecule has 0 atom stereocenters. The zero-order chi connectivity index (χ0) is 32.8. The minimum absolute atomic E-state index is 0.886. The first-order chi connectivity index (χ1) is 24.8. The maximum absolute atomic E-state index is 6.30. The summed E-state index contributed by atoms with van der Waals surface area (Å²) in [4.78, 5) is 2.44. The number of anilines is 3. The molecule has 8 aromatic carbocycles. The minimum Gasteiger partial charge on any atom is -0.456 e. The Hall–Kier alpha value is -6.36. The van der Waals surface area contributed by atoms with Crippen LogP contribution in [0.5, 0.6) is 0 Å². The van der Waals surface area contributed by atoms with Gasteiger partial charge in [-0.25, -0.2) is 0 Å². The number of para-hydroxylation sites is 4. The molecule has 0 amide bonds. The van der Waals surface area contributed by atoms with Crippen molar-refractivity contribution in [3.8, 4) is 5.69 Å². The van der Waals surface area contributed by atoms with Crippen LogP contribution in [0.15, 0.2) is 174 Å². The third-order valence-corrected chi connectivity index (χ3v) is 11.3. The summed E-state index contributed by atoms with van der Waals surface area (Å²) in [7, 11) is 0. The number of furan rings is 1. The van der Waals surface area contributed by atoms with E-state index in [1.165, 1.54) is 47.2 Å². The van der Waals surface area contributed by atoms with E-state index in [2.05, 4.69) is 167 Å². The van der Waals surface area contributed by atoms with Gasteiger partial charge in [-0.2, -0.15) is 0 Å². The van der Waals surface area contributed by atoms with Crippen LogP contribution in [0.2, 0.25) is 0 Å². The number of aromatic nitrogens is 1. The van der Waals surface area contributed by atoms with Gasteiger partial charge in [0, 0.05) is 58.8 Å². The number of nitrogens with zero attached hydrogens (tertiary/aromatic N) is 2. The molecule has 4 heteroatoms. The number of thiophene rings is 1. The van der Waals surface area contributed by atoms with Crippen LogP contribution in [0.3, 0.4) is 0 Å². The molecule has 0 aliphatic heterocycles. The Morgan fingerprint density at radius 2 is 1.14 bits per heavy atom. The monoisotopic (exact) mass is 656 g/mol. The van der Waals surface area contributed by atoms with Crippen molar-refractivity contribution in [3.05, 3.63) is 170 Å². The smallest absolute Gasteiger partial charge is 0.135 e. The number of rotatable bonds is 4. The number of hydrogen-bond acceptors (Lipinski definition) is 3. The fourth-order valence-electron chi connectivity index (χ4n) is 7.98. The van der Waals surface area contributed by atoms with Crippen LogP contribution in [0.1, 0.15) is 0 Å². The van der Waals surface area contributed by atoms with Crippen molar-refractivity contribution in [1.82, 2.24) is 4.57 Å².